The number of carboxylic acids is 1. The summed E-state index contributed by atoms with van der Waals surface area (Å²) >= 11 is 0.972. The van der Waals surface area contributed by atoms with Crippen molar-refractivity contribution in [3.8, 4) is 0 Å². The van der Waals surface area contributed by atoms with E-state index in [1.54, 1.807) is 0 Å². The highest BCUT2D eigenvalue weighted by Gasteiger charge is 2.18. The van der Waals surface area contributed by atoms with Crippen molar-refractivity contribution in [2.45, 2.75) is 19.8 Å². The number of aliphatic carboxylic acids is 1. The number of hydrogen-bond donors (Lipinski definition) is 2. The Kier molecular flexibility index (Phi) is 3.73. The average molecular weight is 229 g/mol. The molecule has 0 aliphatic carbocycles. The van der Waals surface area contributed by atoms with E-state index in [1.165, 1.54) is 0 Å². The number of nitrogens with one attached hydrogen (secondary N) is 1. The van der Waals surface area contributed by atoms with E-state index in [0.717, 1.165) is 11.5 Å². The molecule has 1 aromatic heterocycles. The monoisotopic (exact) mass is 229 g/mol. The predicted molar refractivity (Wildman–Crippen MR) is 54.0 cm³/mol. The molecule has 0 unspecified atom stereocenters. The van der Waals surface area contributed by atoms with Crippen molar-refractivity contribution in [2.75, 3.05) is 6.54 Å². The Balaban J connectivity index is 2.73. The average Bonchev–Trinajstić information content (AvgIpc) is 2.62. The number of nitrogens with zero attached hydrogens (tertiary/aromatic N) is 2. The van der Waals surface area contributed by atoms with Gasteiger partial charge in [0.2, 0.25) is 0 Å². The predicted octanol–water partition coefficient (Wildman–Crippen LogP) is 0.476. The maximum absolute atomic E-state index is 11.5. The lowest BCUT2D eigenvalue weighted by Gasteiger charge is -2.03. The van der Waals surface area contributed by atoms with Gasteiger partial charge in [0.25, 0.3) is 5.91 Å². The third-order valence-corrected chi connectivity index (χ3v) is 2.41. The Labute approximate surface area is 90.5 Å². The number of aromatic nitrogens is 2. The molecule has 0 aromatic carbocycles. The molecule has 0 aliphatic heterocycles. The normalized spacial score (nSPS) is 10.3. The topological polar surface area (TPSA) is 92.2 Å². The first-order valence-corrected chi connectivity index (χ1v) is 5.12. The van der Waals surface area contributed by atoms with Crippen LogP contribution in [0.2, 0.25) is 0 Å². The van der Waals surface area contributed by atoms with E-state index < -0.39 is 18.4 Å². The third-order valence-electron chi connectivity index (χ3n) is 1.67. The van der Waals surface area contributed by atoms with E-state index in [0.29, 0.717) is 10.6 Å². The van der Waals surface area contributed by atoms with Crippen molar-refractivity contribution < 1.29 is 14.7 Å². The SMILES string of the molecule is CC(C)c1nnsc1C(=O)NCC(=O)O. The van der Waals surface area contributed by atoms with Crippen molar-refractivity contribution >= 4 is 23.4 Å². The van der Waals surface area contributed by atoms with Crippen LogP contribution in [0.5, 0.6) is 0 Å². The molecule has 0 saturated carbocycles. The maximum atomic E-state index is 11.5. The lowest BCUT2D eigenvalue weighted by molar-refractivity contribution is -0.135. The number of carboxylic acid groups (broad SMARTS) is 1. The molecule has 0 spiro atoms. The van der Waals surface area contributed by atoms with Crippen LogP contribution in [0.1, 0.15) is 35.1 Å². The van der Waals surface area contributed by atoms with Crippen molar-refractivity contribution in [3.05, 3.63) is 10.6 Å². The molecule has 1 heterocycles. The van der Waals surface area contributed by atoms with Crippen LogP contribution in [0.15, 0.2) is 0 Å². The van der Waals surface area contributed by atoms with Gasteiger partial charge in [-0.2, -0.15) is 0 Å². The Morgan fingerprint density at radius 3 is 2.73 bits per heavy atom. The van der Waals surface area contributed by atoms with E-state index in [1.807, 2.05) is 13.8 Å². The smallest absolute Gasteiger partial charge is 0.322 e. The Hall–Kier alpha value is -1.50. The van der Waals surface area contributed by atoms with E-state index in [4.69, 9.17) is 5.11 Å². The highest BCUT2D eigenvalue weighted by atomic mass is 32.1. The molecule has 0 atom stereocenters. The highest BCUT2D eigenvalue weighted by Crippen LogP contribution is 2.19. The van der Waals surface area contributed by atoms with Crippen molar-refractivity contribution in [1.29, 1.82) is 0 Å². The number of carbonyl (C=O) groups excluding carboxylic acids is 1. The van der Waals surface area contributed by atoms with E-state index in [-0.39, 0.29) is 5.92 Å². The van der Waals surface area contributed by atoms with Crippen LogP contribution in [0.4, 0.5) is 0 Å². The molecule has 6 nitrogen and oxygen atoms in total. The Bertz CT molecular complexity index is 375. The van der Waals surface area contributed by atoms with Crippen LogP contribution in [0.3, 0.4) is 0 Å². The second kappa shape index (κ2) is 4.83. The van der Waals surface area contributed by atoms with Crippen LogP contribution in [-0.4, -0.2) is 33.1 Å². The molecule has 0 saturated heterocycles. The molecule has 1 aromatic rings. The summed E-state index contributed by atoms with van der Waals surface area (Å²) in [7, 11) is 0. The van der Waals surface area contributed by atoms with Gasteiger partial charge in [-0.25, -0.2) is 0 Å². The van der Waals surface area contributed by atoms with E-state index in [9.17, 15) is 9.59 Å². The van der Waals surface area contributed by atoms with Crippen LogP contribution in [-0.2, 0) is 4.79 Å². The van der Waals surface area contributed by atoms with Gasteiger partial charge in [0, 0.05) is 0 Å². The lowest BCUT2D eigenvalue weighted by Crippen LogP contribution is -2.29. The minimum absolute atomic E-state index is 0.0920. The summed E-state index contributed by atoms with van der Waals surface area (Å²) in [5, 5.41) is 14.5. The number of carbonyl (C=O) groups is 2. The zero-order chi connectivity index (χ0) is 11.4. The van der Waals surface area contributed by atoms with Crippen molar-refractivity contribution in [1.82, 2.24) is 14.9 Å². The van der Waals surface area contributed by atoms with Gasteiger partial charge < -0.3 is 10.4 Å². The Morgan fingerprint density at radius 2 is 2.20 bits per heavy atom. The zero-order valence-electron chi connectivity index (χ0n) is 8.35. The molecule has 0 radical (unpaired) electrons. The quantitative estimate of drug-likeness (QED) is 0.783. The summed E-state index contributed by atoms with van der Waals surface area (Å²) in [6.45, 7) is 3.39. The first-order chi connectivity index (χ1) is 7.02. The minimum Gasteiger partial charge on any atom is -0.480 e. The maximum Gasteiger partial charge on any atom is 0.322 e. The molecule has 0 bridgehead atoms. The van der Waals surface area contributed by atoms with Gasteiger partial charge in [-0.1, -0.05) is 18.3 Å². The molecule has 0 aliphatic rings. The standard InChI is InChI=1S/C8H11N3O3S/c1-4(2)6-7(15-11-10-6)8(14)9-3-5(12)13/h4H,3H2,1-2H3,(H,9,14)(H,12,13). The van der Waals surface area contributed by atoms with Crippen LogP contribution in [0.25, 0.3) is 0 Å². The number of amides is 1. The van der Waals surface area contributed by atoms with Gasteiger partial charge in [0.1, 0.15) is 11.4 Å². The molecular formula is C8H11N3O3S. The molecule has 1 amide bonds. The van der Waals surface area contributed by atoms with Crippen LogP contribution in [0, 0.1) is 0 Å². The number of hydrogen-bond acceptors (Lipinski definition) is 5. The summed E-state index contributed by atoms with van der Waals surface area (Å²) in [5.74, 6) is -1.42. The van der Waals surface area contributed by atoms with Gasteiger partial charge in [-0.05, 0) is 17.5 Å². The van der Waals surface area contributed by atoms with Gasteiger partial charge >= 0.3 is 5.97 Å². The minimum atomic E-state index is -1.08. The second-order valence-corrected chi connectivity index (χ2v) is 3.97. The summed E-state index contributed by atoms with van der Waals surface area (Å²) < 4.78 is 3.67. The largest absolute Gasteiger partial charge is 0.480 e. The molecule has 0 fully saturated rings. The molecule has 15 heavy (non-hydrogen) atoms. The van der Waals surface area contributed by atoms with Crippen molar-refractivity contribution in [3.63, 3.8) is 0 Å². The Morgan fingerprint density at radius 1 is 1.53 bits per heavy atom. The fourth-order valence-corrected chi connectivity index (χ4v) is 1.70. The van der Waals surface area contributed by atoms with E-state index in [2.05, 4.69) is 14.9 Å². The van der Waals surface area contributed by atoms with Crippen LogP contribution < -0.4 is 5.32 Å². The highest BCUT2D eigenvalue weighted by molar-refractivity contribution is 7.08. The summed E-state index contributed by atoms with van der Waals surface area (Å²) in [5.41, 5.74) is 0.600. The summed E-state index contributed by atoms with van der Waals surface area (Å²) in [4.78, 5) is 22.1. The molecule has 2 N–H and O–H groups in total. The first-order valence-electron chi connectivity index (χ1n) is 4.34. The first kappa shape index (κ1) is 11.6. The fourth-order valence-electron chi connectivity index (χ4n) is 0.969. The fraction of sp³-hybridized carbons (Fsp3) is 0.500. The van der Waals surface area contributed by atoms with Gasteiger partial charge in [0.05, 0.1) is 5.69 Å². The summed E-state index contributed by atoms with van der Waals surface area (Å²) in [6, 6.07) is 0. The number of rotatable bonds is 4. The second-order valence-electron chi connectivity index (χ2n) is 3.22. The molecule has 7 heteroatoms. The van der Waals surface area contributed by atoms with E-state index >= 15 is 0 Å². The van der Waals surface area contributed by atoms with Crippen LogP contribution >= 0.6 is 11.5 Å². The zero-order valence-corrected chi connectivity index (χ0v) is 9.17. The van der Waals surface area contributed by atoms with Crippen molar-refractivity contribution in [2.24, 2.45) is 0 Å². The molecule has 1 rings (SSSR count). The third kappa shape index (κ3) is 2.98. The van der Waals surface area contributed by atoms with Gasteiger partial charge in [0.15, 0.2) is 0 Å². The molecular weight excluding hydrogens is 218 g/mol. The summed E-state index contributed by atoms with van der Waals surface area (Å²) in [6.07, 6.45) is 0. The van der Waals surface area contributed by atoms with Gasteiger partial charge in [-0.15, -0.1) is 5.10 Å². The lowest BCUT2D eigenvalue weighted by atomic mass is 10.1. The molecule has 82 valence electrons. The van der Waals surface area contributed by atoms with Gasteiger partial charge in [-0.3, -0.25) is 9.59 Å².